The van der Waals surface area contributed by atoms with Crippen LogP contribution in [0.15, 0.2) is 50.1 Å². The normalized spacial score (nSPS) is 10.7. The predicted octanol–water partition coefficient (Wildman–Crippen LogP) is 1.09. The number of esters is 1. The van der Waals surface area contributed by atoms with E-state index >= 15 is 0 Å². The summed E-state index contributed by atoms with van der Waals surface area (Å²) in [5, 5.41) is 9.61. The van der Waals surface area contributed by atoms with Crippen LogP contribution in [0, 0.1) is 0 Å². The molecule has 0 saturated carbocycles. The van der Waals surface area contributed by atoms with Crippen LogP contribution in [0.4, 0.5) is 0 Å². The van der Waals surface area contributed by atoms with Crippen molar-refractivity contribution in [1.29, 1.82) is 0 Å². The van der Waals surface area contributed by atoms with Gasteiger partial charge in [0.1, 0.15) is 6.61 Å². The monoisotopic (exact) mass is 279 g/mol. The molecule has 5 nitrogen and oxygen atoms in total. The largest absolute Gasteiger partial charge is 0.457 e. The molecule has 0 heterocycles. The molecule has 0 amide bonds. The predicted molar refractivity (Wildman–Crippen MR) is 83.1 cm³/mol. The number of hydrogen-bond acceptors (Lipinski definition) is 5. The first-order valence-electron chi connectivity index (χ1n) is 6.41. The first kappa shape index (κ1) is 18.3. The summed E-state index contributed by atoms with van der Waals surface area (Å²) >= 11 is 0. The van der Waals surface area contributed by atoms with Gasteiger partial charge in [-0.1, -0.05) is 24.8 Å². The van der Waals surface area contributed by atoms with Gasteiger partial charge in [0.05, 0.1) is 0 Å². The van der Waals surface area contributed by atoms with Crippen LogP contribution in [0.5, 0.6) is 0 Å². The molecular weight excluding hydrogens is 254 g/mol. The van der Waals surface area contributed by atoms with Gasteiger partial charge in [-0.05, 0) is 6.92 Å². The van der Waals surface area contributed by atoms with Gasteiger partial charge in [0.25, 0.3) is 0 Å². The Labute approximate surface area is 121 Å². The van der Waals surface area contributed by atoms with Crippen LogP contribution in [0.1, 0.15) is 6.92 Å². The summed E-state index contributed by atoms with van der Waals surface area (Å²) in [5.41, 5.74) is 0.357. The zero-order valence-electron chi connectivity index (χ0n) is 12.2. The molecule has 0 unspecified atom stereocenters. The van der Waals surface area contributed by atoms with E-state index in [4.69, 9.17) is 4.74 Å². The molecule has 0 aliphatic heterocycles. The minimum Gasteiger partial charge on any atom is -0.457 e. The summed E-state index contributed by atoms with van der Waals surface area (Å²) in [6, 6.07) is 0. The zero-order chi connectivity index (χ0) is 15.4. The second kappa shape index (κ2) is 10.1. The average Bonchev–Trinajstić information content (AvgIpc) is 2.45. The maximum Gasteiger partial charge on any atom is 0.333 e. The molecule has 5 heteroatoms. The van der Waals surface area contributed by atoms with Gasteiger partial charge < -0.3 is 4.74 Å². The van der Waals surface area contributed by atoms with Crippen LogP contribution < -0.4 is 16.0 Å². The van der Waals surface area contributed by atoms with Crippen LogP contribution in [0.3, 0.4) is 0 Å². The Hall–Kier alpha value is -1.69. The van der Waals surface area contributed by atoms with E-state index in [2.05, 4.69) is 42.3 Å². The number of ether oxygens (including phenoxy) is 1. The lowest BCUT2D eigenvalue weighted by Gasteiger charge is -2.35. The Bertz CT molecular complexity index is 333. The molecule has 0 aromatic rings. The van der Waals surface area contributed by atoms with Crippen molar-refractivity contribution in [2.45, 2.75) is 12.7 Å². The minimum atomic E-state index is -0.776. The lowest BCUT2D eigenvalue weighted by molar-refractivity contribution is -0.142. The van der Waals surface area contributed by atoms with Gasteiger partial charge >= 0.3 is 5.97 Å². The molecule has 0 saturated heterocycles. The topological polar surface area (TPSA) is 62.4 Å². The van der Waals surface area contributed by atoms with Crippen LogP contribution in [-0.4, -0.2) is 38.0 Å². The smallest absolute Gasteiger partial charge is 0.333 e. The van der Waals surface area contributed by atoms with E-state index in [9.17, 15) is 4.79 Å². The highest BCUT2D eigenvalue weighted by atomic mass is 16.5. The summed E-state index contributed by atoms with van der Waals surface area (Å²) in [6.45, 7) is 17.9. The third kappa shape index (κ3) is 7.04. The second-order valence-electron chi connectivity index (χ2n) is 4.27. The Morgan fingerprint density at radius 3 is 1.75 bits per heavy atom. The van der Waals surface area contributed by atoms with Gasteiger partial charge in [0, 0.05) is 25.2 Å². The van der Waals surface area contributed by atoms with Crippen molar-refractivity contribution in [3.63, 3.8) is 0 Å². The van der Waals surface area contributed by atoms with Gasteiger partial charge in [0.15, 0.2) is 5.79 Å². The van der Waals surface area contributed by atoms with Gasteiger partial charge in [0.2, 0.25) is 0 Å². The molecule has 0 aliphatic carbocycles. The number of carbonyl (C=O) groups is 1. The first-order chi connectivity index (χ1) is 9.51. The molecule has 0 fully saturated rings. The molecule has 0 bridgehead atoms. The fourth-order valence-corrected chi connectivity index (χ4v) is 1.38. The first-order valence-corrected chi connectivity index (χ1v) is 6.41. The quantitative estimate of drug-likeness (QED) is 0.216. The van der Waals surface area contributed by atoms with E-state index in [0.717, 1.165) is 0 Å². The van der Waals surface area contributed by atoms with Gasteiger partial charge in [-0.15, -0.1) is 19.7 Å². The molecule has 0 radical (unpaired) electrons. The molecule has 0 rings (SSSR count). The molecule has 0 aromatic carbocycles. The Kier molecular flexibility index (Phi) is 9.28. The molecule has 0 atom stereocenters. The fourth-order valence-electron chi connectivity index (χ4n) is 1.38. The van der Waals surface area contributed by atoms with Gasteiger partial charge in [-0.2, -0.15) is 0 Å². The highest BCUT2D eigenvalue weighted by Gasteiger charge is 2.29. The number of nitrogens with one attached hydrogen (secondary N) is 3. The highest BCUT2D eigenvalue weighted by molar-refractivity contribution is 5.86. The van der Waals surface area contributed by atoms with Crippen LogP contribution in [0.25, 0.3) is 0 Å². The van der Waals surface area contributed by atoms with E-state index in [-0.39, 0.29) is 6.61 Å². The standard InChI is InChI=1S/C15H25N3O2/c1-6-9-16-15(17-10-7-2,18-11-8-3)12-20-14(19)13(4)5/h6-8,16-18H,1-4,9-12H2,5H3. The van der Waals surface area contributed by atoms with Crippen molar-refractivity contribution in [3.8, 4) is 0 Å². The maximum absolute atomic E-state index is 11.5. The van der Waals surface area contributed by atoms with Crippen molar-refractivity contribution >= 4 is 5.97 Å². The van der Waals surface area contributed by atoms with Crippen molar-refractivity contribution in [2.24, 2.45) is 0 Å². The summed E-state index contributed by atoms with van der Waals surface area (Å²) in [5.74, 6) is -1.21. The third-order valence-corrected chi connectivity index (χ3v) is 2.41. The summed E-state index contributed by atoms with van der Waals surface area (Å²) in [6.07, 6.45) is 5.17. The maximum atomic E-state index is 11.5. The lowest BCUT2D eigenvalue weighted by Crippen LogP contribution is -2.69. The molecule has 0 spiro atoms. The Morgan fingerprint density at radius 2 is 1.45 bits per heavy atom. The van der Waals surface area contributed by atoms with Crippen molar-refractivity contribution in [1.82, 2.24) is 16.0 Å². The Morgan fingerprint density at radius 1 is 1.05 bits per heavy atom. The molecule has 20 heavy (non-hydrogen) atoms. The highest BCUT2D eigenvalue weighted by Crippen LogP contribution is 2.01. The van der Waals surface area contributed by atoms with E-state index in [0.29, 0.717) is 25.2 Å². The lowest BCUT2D eigenvalue weighted by atomic mass is 10.3. The fraction of sp³-hybridized carbons (Fsp3) is 0.400. The summed E-state index contributed by atoms with van der Waals surface area (Å²) in [4.78, 5) is 11.5. The molecule has 0 aliphatic rings. The van der Waals surface area contributed by atoms with Crippen LogP contribution >= 0.6 is 0 Å². The van der Waals surface area contributed by atoms with Crippen LogP contribution in [0.2, 0.25) is 0 Å². The summed E-state index contributed by atoms with van der Waals surface area (Å²) < 4.78 is 5.23. The number of rotatable bonds is 12. The van der Waals surface area contributed by atoms with E-state index in [1.165, 1.54) is 0 Å². The summed E-state index contributed by atoms with van der Waals surface area (Å²) in [7, 11) is 0. The van der Waals surface area contributed by atoms with Crippen LogP contribution in [-0.2, 0) is 9.53 Å². The minimum absolute atomic E-state index is 0.0915. The van der Waals surface area contributed by atoms with E-state index in [1.807, 2.05) is 0 Å². The second-order valence-corrected chi connectivity index (χ2v) is 4.27. The van der Waals surface area contributed by atoms with Crippen molar-refractivity contribution < 1.29 is 9.53 Å². The molecule has 3 N–H and O–H groups in total. The number of carbonyl (C=O) groups excluding carboxylic acids is 1. The SMILES string of the molecule is C=CCNC(COC(=O)C(=C)C)(NCC=C)NCC=C. The van der Waals surface area contributed by atoms with E-state index in [1.54, 1.807) is 25.2 Å². The third-order valence-electron chi connectivity index (χ3n) is 2.41. The molecule has 0 aromatic heterocycles. The van der Waals surface area contributed by atoms with Crippen molar-refractivity contribution in [2.75, 3.05) is 26.2 Å². The van der Waals surface area contributed by atoms with Gasteiger partial charge in [-0.3, -0.25) is 16.0 Å². The number of hydrogen-bond donors (Lipinski definition) is 3. The molecule has 112 valence electrons. The Balaban J connectivity index is 4.86. The zero-order valence-corrected chi connectivity index (χ0v) is 12.2. The average molecular weight is 279 g/mol. The van der Waals surface area contributed by atoms with Gasteiger partial charge in [-0.25, -0.2) is 4.79 Å². The molecular formula is C15H25N3O2. The van der Waals surface area contributed by atoms with Crippen molar-refractivity contribution in [3.05, 3.63) is 50.1 Å². The van der Waals surface area contributed by atoms with E-state index < -0.39 is 11.8 Å².